The topological polar surface area (TPSA) is 113 Å². The summed E-state index contributed by atoms with van der Waals surface area (Å²) in [6.07, 6.45) is 1.19. The number of hydrogen-bond donors (Lipinski definition) is 2. The Morgan fingerprint density at radius 1 is 1.29 bits per heavy atom. The summed E-state index contributed by atoms with van der Waals surface area (Å²) < 4.78 is 26.9. The second-order valence-electron chi connectivity index (χ2n) is 5.89. The van der Waals surface area contributed by atoms with E-state index < -0.39 is 22.0 Å². The highest BCUT2D eigenvalue weighted by atomic mass is 32.2. The lowest BCUT2D eigenvalue weighted by molar-refractivity contribution is -0.120. The molecule has 24 heavy (non-hydrogen) atoms. The molecule has 1 aromatic rings. The number of piperidine rings is 1. The summed E-state index contributed by atoms with van der Waals surface area (Å²) in [6.45, 7) is 0.507. The number of para-hydroxylation sites is 1. The van der Waals surface area contributed by atoms with Gasteiger partial charge < -0.3 is 11.1 Å². The molecule has 0 bridgehead atoms. The van der Waals surface area contributed by atoms with E-state index in [1.165, 1.54) is 24.5 Å². The van der Waals surface area contributed by atoms with Crippen molar-refractivity contribution in [2.24, 2.45) is 11.7 Å². The predicted molar refractivity (Wildman–Crippen MR) is 90.5 cm³/mol. The number of carbonyl (C=O) groups excluding carboxylic acids is 2. The van der Waals surface area contributed by atoms with E-state index in [0.29, 0.717) is 25.1 Å². The van der Waals surface area contributed by atoms with Gasteiger partial charge in [0.2, 0.25) is 5.91 Å². The summed E-state index contributed by atoms with van der Waals surface area (Å²) in [5, 5.41) is 2.69. The van der Waals surface area contributed by atoms with Crippen molar-refractivity contribution in [1.29, 1.82) is 0 Å². The zero-order valence-corrected chi connectivity index (χ0v) is 14.5. The summed E-state index contributed by atoms with van der Waals surface area (Å²) in [4.78, 5) is 23.9. The molecule has 1 aromatic carbocycles. The molecule has 1 unspecified atom stereocenters. The van der Waals surface area contributed by atoms with Gasteiger partial charge in [-0.3, -0.25) is 9.59 Å². The van der Waals surface area contributed by atoms with E-state index >= 15 is 0 Å². The first-order valence-electron chi connectivity index (χ1n) is 7.60. The van der Waals surface area contributed by atoms with Crippen molar-refractivity contribution in [2.45, 2.75) is 12.8 Å². The number of primary amides is 1. The highest BCUT2D eigenvalue weighted by Gasteiger charge is 2.33. The van der Waals surface area contributed by atoms with Crippen molar-refractivity contribution in [3.05, 3.63) is 29.8 Å². The molecule has 1 fully saturated rings. The molecule has 1 heterocycles. The van der Waals surface area contributed by atoms with Gasteiger partial charge in [-0.25, -0.2) is 0 Å². The Morgan fingerprint density at radius 3 is 2.58 bits per heavy atom. The minimum absolute atomic E-state index is 0.116. The van der Waals surface area contributed by atoms with Crippen LogP contribution in [-0.4, -0.2) is 56.0 Å². The molecule has 0 radical (unpaired) electrons. The Morgan fingerprint density at radius 2 is 1.96 bits per heavy atom. The Bertz CT molecular complexity index is 733. The summed E-state index contributed by atoms with van der Waals surface area (Å²) in [5.41, 5.74) is 5.86. The highest BCUT2D eigenvalue weighted by Crippen LogP contribution is 2.23. The van der Waals surface area contributed by atoms with Crippen LogP contribution in [0.4, 0.5) is 5.69 Å². The van der Waals surface area contributed by atoms with E-state index in [0.717, 1.165) is 4.31 Å². The van der Waals surface area contributed by atoms with Crippen LogP contribution in [0.25, 0.3) is 0 Å². The van der Waals surface area contributed by atoms with E-state index in [1.54, 1.807) is 18.2 Å². The van der Waals surface area contributed by atoms with Gasteiger partial charge in [0.25, 0.3) is 16.1 Å². The number of nitrogens with one attached hydrogen (secondary N) is 1. The molecular formula is C15H22N4O4S. The van der Waals surface area contributed by atoms with Gasteiger partial charge in [0.15, 0.2) is 0 Å². The first kappa shape index (κ1) is 18.4. The summed E-state index contributed by atoms with van der Waals surface area (Å²) >= 11 is 0. The molecule has 1 aliphatic rings. The van der Waals surface area contributed by atoms with Crippen molar-refractivity contribution < 1.29 is 18.0 Å². The van der Waals surface area contributed by atoms with Crippen molar-refractivity contribution in [3.63, 3.8) is 0 Å². The smallest absolute Gasteiger partial charge is 0.281 e. The van der Waals surface area contributed by atoms with E-state index in [2.05, 4.69) is 5.32 Å². The molecule has 3 N–H and O–H groups in total. The minimum Gasteiger partial charge on any atom is -0.366 e. The molecule has 0 aliphatic carbocycles. The fourth-order valence-electron chi connectivity index (χ4n) is 2.64. The molecular weight excluding hydrogens is 332 g/mol. The number of benzene rings is 1. The molecule has 8 nitrogen and oxygen atoms in total. The Kier molecular flexibility index (Phi) is 5.58. The van der Waals surface area contributed by atoms with Gasteiger partial charge in [-0.15, -0.1) is 0 Å². The molecule has 0 saturated carbocycles. The third-order valence-electron chi connectivity index (χ3n) is 3.99. The molecule has 9 heteroatoms. The van der Waals surface area contributed by atoms with Crippen LogP contribution < -0.4 is 11.1 Å². The second kappa shape index (κ2) is 7.29. The maximum absolute atomic E-state index is 12.5. The largest absolute Gasteiger partial charge is 0.366 e. The zero-order chi connectivity index (χ0) is 17.9. The predicted octanol–water partition coefficient (Wildman–Crippen LogP) is 0.242. The lowest BCUT2D eigenvalue weighted by Gasteiger charge is -2.32. The number of rotatable bonds is 5. The van der Waals surface area contributed by atoms with E-state index in [-0.39, 0.29) is 18.0 Å². The average Bonchev–Trinajstić information content (AvgIpc) is 2.55. The van der Waals surface area contributed by atoms with Gasteiger partial charge in [-0.1, -0.05) is 12.1 Å². The molecule has 2 amide bonds. The van der Waals surface area contributed by atoms with Crippen LogP contribution in [0.15, 0.2) is 24.3 Å². The highest BCUT2D eigenvalue weighted by molar-refractivity contribution is 7.86. The van der Waals surface area contributed by atoms with Gasteiger partial charge in [0.05, 0.1) is 17.2 Å². The number of hydrogen-bond acceptors (Lipinski definition) is 4. The third kappa shape index (κ3) is 3.92. The standard InChI is InChI=1S/C15H22N4O4S/c1-18(2)24(22,23)19-9-5-6-11(10-19)15(21)17-13-8-4-3-7-12(13)14(16)20/h3-4,7-8,11H,5-6,9-10H2,1-2H3,(H2,16,20)(H,17,21). The maximum atomic E-state index is 12.5. The number of nitrogens with zero attached hydrogens (tertiary/aromatic N) is 2. The summed E-state index contributed by atoms with van der Waals surface area (Å²) in [7, 11) is -0.627. The molecule has 0 spiro atoms. The maximum Gasteiger partial charge on any atom is 0.281 e. The summed E-state index contributed by atoms with van der Waals surface area (Å²) in [5.74, 6) is -1.43. The van der Waals surface area contributed by atoms with Crippen molar-refractivity contribution in [2.75, 3.05) is 32.5 Å². The lowest BCUT2D eigenvalue weighted by Crippen LogP contribution is -2.47. The Balaban J connectivity index is 2.12. The van der Waals surface area contributed by atoms with Crippen LogP contribution in [0.1, 0.15) is 23.2 Å². The minimum atomic E-state index is -3.55. The van der Waals surface area contributed by atoms with E-state index in [4.69, 9.17) is 5.73 Å². The van der Waals surface area contributed by atoms with Crippen LogP contribution in [-0.2, 0) is 15.0 Å². The first-order chi connectivity index (χ1) is 11.2. The quantitative estimate of drug-likeness (QED) is 0.788. The van der Waals surface area contributed by atoms with Gasteiger partial charge in [0.1, 0.15) is 0 Å². The van der Waals surface area contributed by atoms with Gasteiger partial charge in [-0.05, 0) is 25.0 Å². The first-order valence-corrected chi connectivity index (χ1v) is 9.00. The third-order valence-corrected chi connectivity index (χ3v) is 5.90. The van der Waals surface area contributed by atoms with Crippen LogP contribution in [0.3, 0.4) is 0 Å². The van der Waals surface area contributed by atoms with Crippen LogP contribution >= 0.6 is 0 Å². The number of amides is 2. The van der Waals surface area contributed by atoms with Crippen LogP contribution in [0.5, 0.6) is 0 Å². The van der Waals surface area contributed by atoms with Gasteiger partial charge >= 0.3 is 0 Å². The zero-order valence-electron chi connectivity index (χ0n) is 13.7. The molecule has 0 aromatic heterocycles. The number of carbonyl (C=O) groups is 2. The number of anilines is 1. The summed E-state index contributed by atoms with van der Waals surface area (Å²) in [6, 6.07) is 6.46. The molecule has 1 aliphatic heterocycles. The SMILES string of the molecule is CN(C)S(=O)(=O)N1CCCC(C(=O)Nc2ccccc2C(N)=O)C1. The number of nitrogens with two attached hydrogens (primary N) is 1. The Hall–Kier alpha value is -1.97. The lowest BCUT2D eigenvalue weighted by atomic mass is 9.98. The molecule has 1 atom stereocenters. The Labute approximate surface area is 141 Å². The van der Waals surface area contributed by atoms with Crippen LogP contribution in [0, 0.1) is 5.92 Å². The monoisotopic (exact) mass is 354 g/mol. The fourth-order valence-corrected chi connectivity index (χ4v) is 3.83. The molecule has 132 valence electrons. The van der Waals surface area contributed by atoms with E-state index in [1.807, 2.05) is 0 Å². The van der Waals surface area contributed by atoms with Crippen molar-refractivity contribution in [3.8, 4) is 0 Å². The van der Waals surface area contributed by atoms with E-state index in [9.17, 15) is 18.0 Å². The second-order valence-corrected chi connectivity index (χ2v) is 8.03. The van der Waals surface area contributed by atoms with Gasteiger partial charge in [-0.2, -0.15) is 17.0 Å². The normalized spacial score (nSPS) is 19.2. The van der Waals surface area contributed by atoms with Crippen LogP contribution in [0.2, 0.25) is 0 Å². The van der Waals surface area contributed by atoms with Crippen molar-refractivity contribution in [1.82, 2.24) is 8.61 Å². The fraction of sp³-hybridized carbons (Fsp3) is 0.467. The van der Waals surface area contributed by atoms with Gasteiger partial charge in [0, 0.05) is 27.2 Å². The van der Waals surface area contributed by atoms with Crippen molar-refractivity contribution >= 4 is 27.7 Å². The average molecular weight is 354 g/mol. The molecule has 2 rings (SSSR count). The molecule has 1 saturated heterocycles.